The van der Waals surface area contributed by atoms with E-state index in [9.17, 15) is 4.79 Å². The molecule has 0 saturated carbocycles. The van der Waals surface area contributed by atoms with E-state index in [-0.39, 0.29) is 5.78 Å². The minimum Gasteiger partial charge on any atom is -0.501 e. The third kappa shape index (κ3) is 1.94. The summed E-state index contributed by atoms with van der Waals surface area (Å²) >= 11 is 0. The molecule has 3 rings (SSSR count). The topological polar surface area (TPSA) is 47.6 Å². The Hall–Kier alpha value is -1.97. The van der Waals surface area contributed by atoms with Gasteiger partial charge in [-0.25, -0.2) is 0 Å². The lowest BCUT2D eigenvalue weighted by molar-refractivity contribution is 0.101. The molecule has 0 aromatic heterocycles. The molecular formula is C14H15NO3. The Morgan fingerprint density at radius 3 is 3.06 bits per heavy atom. The van der Waals surface area contributed by atoms with Crippen LogP contribution in [-0.2, 0) is 4.74 Å². The molecule has 0 radical (unpaired) electrons. The van der Waals surface area contributed by atoms with Crippen LogP contribution in [0, 0.1) is 0 Å². The summed E-state index contributed by atoms with van der Waals surface area (Å²) < 4.78 is 10.8. The van der Waals surface area contributed by atoms with Gasteiger partial charge < -0.3 is 14.8 Å². The van der Waals surface area contributed by atoms with Crippen LogP contribution in [0.1, 0.15) is 23.2 Å². The Morgan fingerprint density at radius 1 is 1.28 bits per heavy atom. The van der Waals surface area contributed by atoms with Crippen molar-refractivity contribution < 1.29 is 14.3 Å². The van der Waals surface area contributed by atoms with Crippen LogP contribution in [0.2, 0.25) is 0 Å². The fraction of sp³-hybridized carbons (Fsp3) is 0.357. The van der Waals surface area contributed by atoms with Crippen LogP contribution in [0.4, 0.5) is 5.69 Å². The van der Waals surface area contributed by atoms with Crippen molar-refractivity contribution in [1.29, 1.82) is 0 Å². The van der Waals surface area contributed by atoms with Gasteiger partial charge in [-0.2, -0.15) is 0 Å². The molecule has 18 heavy (non-hydrogen) atoms. The Bertz CT molecular complexity index is 508. The lowest BCUT2D eigenvalue weighted by Crippen LogP contribution is -2.20. The summed E-state index contributed by atoms with van der Waals surface area (Å²) in [4.78, 5) is 12.4. The van der Waals surface area contributed by atoms with Crippen molar-refractivity contribution >= 4 is 11.5 Å². The first-order chi connectivity index (χ1) is 8.86. The third-order valence-corrected chi connectivity index (χ3v) is 3.15. The number of nitrogens with one attached hydrogen (secondary N) is 1. The zero-order valence-electron chi connectivity index (χ0n) is 10.1. The van der Waals surface area contributed by atoms with Crippen molar-refractivity contribution in [3.63, 3.8) is 0 Å². The van der Waals surface area contributed by atoms with Gasteiger partial charge in [0, 0.05) is 12.1 Å². The summed E-state index contributed by atoms with van der Waals surface area (Å²) in [6, 6.07) is 5.61. The maximum Gasteiger partial charge on any atom is 0.195 e. The average Bonchev–Trinajstić information content (AvgIpc) is 2.47. The molecule has 0 atom stereocenters. The SMILES string of the molecule is O=C(C1=COCCC1)c1cccc2c1OCCN2. The van der Waals surface area contributed by atoms with E-state index >= 15 is 0 Å². The molecule has 4 nitrogen and oxygen atoms in total. The normalized spacial score (nSPS) is 17.7. The number of benzene rings is 1. The Kier molecular flexibility index (Phi) is 2.92. The van der Waals surface area contributed by atoms with Gasteiger partial charge in [0.1, 0.15) is 6.61 Å². The molecule has 0 fully saturated rings. The van der Waals surface area contributed by atoms with Gasteiger partial charge in [0.05, 0.1) is 24.1 Å². The van der Waals surface area contributed by atoms with Gasteiger partial charge in [-0.3, -0.25) is 4.79 Å². The van der Waals surface area contributed by atoms with E-state index in [1.165, 1.54) is 0 Å². The third-order valence-electron chi connectivity index (χ3n) is 3.15. The molecule has 1 aromatic carbocycles. The van der Waals surface area contributed by atoms with Gasteiger partial charge >= 0.3 is 0 Å². The Balaban J connectivity index is 1.96. The van der Waals surface area contributed by atoms with E-state index in [1.807, 2.05) is 18.2 Å². The van der Waals surface area contributed by atoms with Crippen LogP contribution >= 0.6 is 0 Å². The number of ether oxygens (including phenoxy) is 2. The quantitative estimate of drug-likeness (QED) is 0.813. The van der Waals surface area contributed by atoms with Crippen LogP contribution in [-0.4, -0.2) is 25.5 Å². The van der Waals surface area contributed by atoms with Crippen molar-refractivity contribution in [2.45, 2.75) is 12.8 Å². The first kappa shape index (κ1) is 11.1. The highest BCUT2D eigenvalue weighted by molar-refractivity contribution is 6.11. The van der Waals surface area contributed by atoms with Crippen LogP contribution in [0.5, 0.6) is 5.75 Å². The van der Waals surface area contributed by atoms with Gasteiger partial charge in [0.2, 0.25) is 0 Å². The molecule has 2 aliphatic rings. The predicted octanol–water partition coefficient (Wildman–Crippen LogP) is 2.37. The number of rotatable bonds is 2. The number of hydrogen-bond donors (Lipinski definition) is 1. The van der Waals surface area contributed by atoms with E-state index < -0.39 is 0 Å². The molecule has 0 unspecified atom stereocenters. The van der Waals surface area contributed by atoms with Crippen LogP contribution < -0.4 is 10.1 Å². The first-order valence-corrected chi connectivity index (χ1v) is 6.21. The molecule has 0 spiro atoms. The van der Waals surface area contributed by atoms with Crippen LogP contribution in [0.3, 0.4) is 0 Å². The van der Waals surface area contributed by atoms with Crippen molar-refractivity contribution in [2.75, 3.05) is 25.1 Å². The summed E-state index contributed by atoms with van der Waals surface area (Å²) in [5.74, 6) is 0.676. The van der Waals surface area contributed by atoms with Crippen LogP contribution in [0.15, 0.2) is 30.0 Å². The van der Waals surface area contributed by atoms with Crippen molar-refractivity contribution in [3.8, 4) is 5.75 Å². The van der Waals surface area contributed by atoms with E-state index in [4.69, 9.17) is 9.47 Å². The highest BCUT2D eigenvalue weighted by Crippen LogP contribution is 2.33. The Labute approximate surface area is 106 Å². The van der Waals surface area contributed by atoms with Gasteiger partial charge in [-0.05, 0) is 25.0 Å². The maximum absolute atomic E-state index is 12.4. The van der Waals surface area contributed by atoms with E-state index in [0.717, 1.165) is 30.6 Å². The number of hydrogen-bond acceptors (Lipinski definition) is 4. The van der Waals surface area contributed by atoms with Gasteiger partial charge in [-0.1, -0.05) is 6.07 Å². The second-order valence-corrected chi connectivity index (χ2v) is 4.40. The minimum atomic E-state index is 0.00949. The average molecular weight is 245 g/mol. The second-order valence-electron chi connectivity index (χ2n) is 4.40. The minimum absolute atomic E-state index is 0.00949. The van der Waals surface area contributed by atoms with Crippen molar-refractivity contribution in [1.82, 2.24) is 0 Å². The molecule has 0 saturated heterocycles. The lowest BCUT2D eigenvalue weighted by Gasteiger charge is -2.22. The second kappa shape index (κ2) is 4.72. The first-order valence-electron chi connectivity index (χ1n) is 6.21. The number of anilines is 1. The predicted molar refractivity (Wildman–Crippen MR) is 68.0 cm³/mol. The smallest absolute Gasteiger partial charge is 0.195 e. The summed E-state index contributed by atoms with van der Waals surface area (Å²) in [5, 5.41) is 3.23. The maximum atomic E-state index is 12.4. The molecule has 0 amide bonds. The number of carbonyl (C=O) groups is 1. The van der Waals surface area contributed by atoms with Crippen molar-refractivity contribution in [2.24, 2.45) is 0 Å². The standard InChI is InChI=1S/C14H15NO3/c16-13(10-3-2-7-17-9-10)11-4-1-5-12-14(11)18-8-6-15-12/h1,4-5,9,15H,2-3,6-8H2. The summed E-state index contributed by atoms with van der Waals surface area (Å²) in [5.41, 5.74) is 2.24. The molecular weight excluding hydrogens is 230 g/mol. The number of carbonyl (C=O) groups excluding carboxylic acids is 1. The van der Waals surface area contributed by atoms with Gasteiger partial charge in [0.15, 0.2) is 11.5 Å². The monoisotopic (exact) mass is 245 g/mol. The van der Waals surface area contributed by atoms with Gasteiger partial charge in [-0.15, -0.1) is 0 Å². The van der Waals surface area contributed by atoms with E-state index in [1.54, 1.807) is 6.26 Å². The molecule has 1 aromatic rings. The number of ketones is 1. The summed E-state index contributed by atoms with van der Waals surface area (Å²) in [6.45, 7) is 2.06. The number of allylic oxidation sites excluding steroid dienone is 1. The molecule has 1 N–H and O–H groups in total. The zero-order chi connectivity index (χ0) is 12.4. The largest absolute Gasteiger partial charge is 0.501 e. The van der Waals surface area contributed by atoms with Crippen molar-refractivity contribution in [3.05, 3.63) is 35.6 Å². The summed E-state index contributed by atoms with van der Waals surface area (Å²) in [7, 11) is 0. The number of para-hydroxylation sites is 1. The van der Waals surface area contributed by atoms with Gasteiger partial charge in [0.25, 0.3) is 0 Å². The lowest BCUT2D eigenvalue weighted by atomic mass is 9.98. The highest BCUT2D eigenvalue weighted by Gasteiger charge is 2.22. The Morgan fingerprint density at radius 2 is 2.22 bits per heavy atom. The molecule has 2 aliphatic heterocycles. The molecule has 94 valence electrons. The number of Topliss-reactive ketones (excluding diaryl/α,β-unsaturated/α-hetero) is 1. The zero-order valence-corrected chi connectivity index (χ0v) is 10.1. The van der Waals surface area contributed by atoms with E-state index in [0.29, 0.717) is 24.5 Å². The number of fused-ring (bicyclic) bond motifs is 1. The molecule has 4 heteroatoms. The van der Waals surface area contributed by atoms with E-state index in [2.05, 4.69) is 5.32 Å². The molecule has 2 heterocycles. The molecule has 0 aliphatic carbocycles. The molecule has 0 bridgehead atoms. The van der Waals surface area contributed by atoms with Crippen LogP contribution in [0.25, 0.3) is 0 Å². The highest BCUT2D eigenvalue weighted by atomic mass is 16.5. The fourth-order valence-corrected chi connectivity index (χ4v) is 2.25. The fourth-order valence-electron chi connectivity index (χ4n) is 2.25. The summed E-state index contributed by atoms with van der Waals surface area (Å²) in [6.07, 6.45) is 3.25.